The summed E-state index contributed by atoms with van der Waals surface area (Å²) in [5, 5.41) is 0. The van der Waals surface area contributed by atoms with Gasteiger partial charge in [0.1, 0.15) is 6.04 Å². The third kappa shape index (κ3) is 3.68. The van der Waals surface area contributed by atoms with Gasteiger partial charge >= 0.3 is 0 Å². The van der Waals surface area contributed by atoms with Crippen molar-refractivity contribution in [3.05, 3.63) is 23.8 Å². The van der Waals surface area contributed by atoms with E-state index in [1.807, 2.05) is 47.0 Å². The number of hydrogen-bond donors (Lipinski definition) is 0. The fourth-order valence-electron chi connectivity index (χ4n) is 4.46. The van der Waals surface area contributed by atoms with Gasteiger partial charge in [-0.2, -0.15) is 0 Å². The first-order valence-corrected chi connectivity index (χ1v) is 10.2. The molecule has 152 valence electrons. The van der Waals surface area contributed by atoms with Gasteiger partial charge in [-0.05, 0) is 57.5 Å². The Morgan fingerprint density at radius 1 is 1.00 bits per heavy atom. The van der Waals surface area contributed by atoms with Crippen LogP contribution in [0.3, 0.4) is 0 Å². The summed E-state index contributed by atoms with van der Waals surface area (Å²) in [6.45, 7) is 3.28. The van der Waals surface area contributed by atoms with Crippen LogP contribution in [0.5, 0.6) is 11.5 Å². The van der Waals surface area contributed by atoms with Gasteiger partial charge in [-0.1, -0.05) is 6.07 Å². The van der Waals surface area contributed by atoms with Gasteiger partial charge in [0.25, 0.3) is 0 Å². The van der Waals surface area contributed by atoms with Crippen LogP contribution in [-0.2, 0) is 9.59 Å². The van der Waals surface area contributed by atoms with E-state index in [9.17, 15) is 9.59 Å². The Morgan fingerprint density at radius 2 is 1.68 bits per heavy atom. The Balaban J connectivity index is 1.42. The van der Waals surface area contributed by atoms with E-state index in [1.54, 1.807) is 0 Å². The molecule has 0 aromatic heterocycles. The largest absolute Gasteiger partial charge is 0.454 e. The van der Waals surface area contributed by atoms with Crippen molar-refractivity contribution in [2.45, 2.75) is 31.7 Å². The summed E-state index contributed by atoms with van der Waals surface area (Å²) in [5.41, 5.74) is 0.898. The first kappa shape index (κ1) is 19.1. The summed E-state index contributed by atoms with van der Waals surface area (Å²) in [4.78, 5) is 31.8. The number of benzene rings is 1. The average molecular weight is 387 g/mol. The van der Waals surface area contributed by atoms with Crippen LogP contribution in [-0.4, -0.2) is 73.6 Å². The number of amides is 2. The van der Waals surface area contributed by atoms with Gasteiger partial charge < -0.3 is 19.3 Å². The van der Waals surface area contributed by atoms with Gasteiger partial charge in [0.2, 0.25) is 18.6 Å². The molecule has 0 N–H and O–H groups in total. The van der Waals surface area contributed by atoms with Crippen molar-refractivity contribution in [2.24, 2.45) is 5.92 Å². The van der Waals surface area contributed by atoms with Crippen molar-refractivity contribution in [1.82, 2.24) is 14.7 Å². The molecular formula is C21H29N3O4. The minimum atomic E-state index is -0.375. The van der Waals surface area contributed by atoms with Crippen molar-refractivity contribution in [2.75, 3.05) is 47.1 Å². The van der Waals surface area contributed by atoms with Gasteiger partial charge in [-0.15, -0.1) is 0 Å². The van der Waals surface area contributed by atoms with E-state index < -0.39 is 0 Å². The number of nitrogens with zero attached hydrogens (tertiary/aromatic N) is 3. The number of ether oxygens (including phenoxy) is 2. The molecule has 2 fully saturated rings. The summed E-state index contributed by atoms with van der Waals surface area (Å²) in [6, 6.07) is 5.32. The topological polar surface area (TPSA) is 62.3 Å². The lowest BCUT2D eigenvalue weighted by atomic mass is 9.94. The second-order valence-electron chi connectivity index (χ2n) is 8.11. The Bertz CT molecular complexity index is 737. The molecule has 1 aromatic rings. The lowest BCUT2D eigenvalue weighted by Crippen LogP contribution is -2.47. The first-order valence-electron chi connectivity index (χ1n) is 10.2. The molecule has 2 amide bonds. The monoisotopic (exact) mass is 387 g/mol. The third-order valence-corrected chi connectivity index (χ3v) is 6.04. The smallest absolute Gasteiger partial charge is 0.244 e. The van der Waals surface area contributed by atoms with Crippen LogP contribution in [0.4, 0.5) is 0 Å². The van der Waals surface area contributed by atoms with Crippen LogP contribution in [0, 0.1) is 5.92 Å². The highest BCUT2D eigenvalue weighted by Gasteiger charge is 2.35. The lowest BCUT2D eigenvalue weighted by molar-refractivity contribution is -0.142. The highest BCUT2D eigenvalue weighted by Crippen LogP contribution is 2.36. The minimum Gasteiger partial charge on any atom is -0.454 e. The van der Waals surface area contributed by atoms with E-state index in [4.69, 9.17) is 9.47 Å². The van der Waals surface area contributed by atoms with Gasteiger partial charge in [0.15, 0.2) is 11.5 Å². The standard InChI is InChI=1S/C21H29N3O4/c1-22(2)19(16-5-6-17-18(13-16)28-14-27-17)21(26)24-11-7-15(8-12-24)20(25)23-9-3-4-10-23/h5-6,13,15,19H,3-4,7-12,14H2,1-2H3/t19-/m1/s1. The van der Waals surface area contributed by atoms with Crippen molar-refractivity contribution in [1.29, 1.82) is 0 Å². The molecule has 1 atom stereocenters. The van der Waals surface area contributed by atoms with Crippen LogP contribution in [0.25, 0.3) is 0 Å². The number of carbonyl (C=O) groups is 2. The quantitative estimate of drug-likeness (QED) is 0.789. The van der Waals surface area contributed by atoms with E-state index in [0.29, 0.717) is 18.8 Å². The van der Waals surface area contributed by atoms with Crippen LogP contribution in [0.1, 0.15) is 37.3 Å². The summed E-state index contributed by atoms with van der Waals surface area (Å²) >= 11 is 0. The van der Waals surface area contributed by atoms with E-state index >= 15 is 0 Å². The molecular weight excluding hydrogens is 358 g/mol. The highest BCUT2D eigenvalue weighted by atomic mass is 16.7. The number of hydrogen-bond acceptors (Lipinski definition) is 5. The van der Waals surface area contributed by atoms with Crippen molar-refractivity contribution in [3.63, 3.8) is 0 Å². The zero-order valence-corrected chi connectivity index (χ0v) is 16.7. The van der Waals surface area contributed by atoms with Crippen LogP contribution >= 0.6 is 0 Å². The number of carbonyl (C=O) groups excluding carboxylic acids is 2. The molecule has 0 aliphatic carbocycles. The van der Waals surface area contributed by atoms with Crippen LogP contribution in [0.2, 0.25) is 0 Å². The Hall–Kier alpha value is -2.28. The zero-order valence-electron chi connectivity index (χ0n) is 16.7. The summed E-state index contributed by atoms with van der Waals surface area (Å²) in [7, 11) is 3.83. The second-order valence-corrected chi connectivity index (χ2v) is 8.11. The highest BCUT2D eigenvalue weighted by molar-refractivity contribution is 5.84. The average Bonchev–Trinajstić information content (AvgIpc) is 3.39. The fourth-order valence-corrected chi connectivity index (χ4v) is 4.46. The molecule has 4 rings (SSSR count). The molecule has 7 heteroatoms. The third-order valence-electron chi connectivity index (χ3n) is 6.04. The molecule has 28 heavy (non-hydrogen) atoms. The fraction of sp³-hybridized carbons (Fsp3) is 0.619. The van der Waals surface area contributed by atoms with Crippen molar-refractivity contribution in [3.8, 4) is 11.5 Å². The van der Waals surface area contributed by atoms with E-state index in [0.717, 1.165) is 50.1 Å². The number of likely N-dealkylation sites (tertiary alicyclic amines) is 2. The Kier molecular flexibility index (Phi) is 5.44. The molecule has 0 unspecified atom stereocenters. The molecule has 0 spiro atoms. The maximum Gasteiger partial charge on any atom is 0.244 e. The van der Waals surface area contributed by atoms with Crippen LogP contribution < -0.4 is 9.47 Å². The summed E-state index contributed by atoms with van der Waals surface area (Å²) in [5.74, 6) is 1.83. The second kappa shape index (κ2) is 7.99. The minimum absolute atomic E-state index is 0.0606. The SMILES string of the molecule is CN(C)[C@@H](C(=O)N1CCC(C(=O)N2CCCC2)CC1)c1ccc2c(c1)OCO2. The summed E-state index contributed by atoms with van der Waals surface area (Å²) in [6.07, 6.45) is 3.73. The molecule has 0 radical (unpaired) electrons. The van der Waals surface area contributed by atoms with E-state index in [2.05, 4.69) is 0 Å². The predicted molar refractivity (Wildman–Crippen MR) is 104 cm³/mol. The van der Waals surface area contributed by atoms with E-state index in [-0.39, 0.29) is 30.6 Å². The number of rotatable bonds is 4. The number of piperidine rings is 1. The molecule has 2 saturated heterocycles. The zero-order chi connectivity index (χ0) is 19.7. The Morgan fingerprint density at radius 3 is 2.36 bits per heavy atom. The molecule has 0 saturated carbocycles. The van der Waals surface area contributed by atoms with Crippen LogP contribution in [0.15, 0.2) is 18.2 Å². The van der Waals surface area contributed by atoms with Gasteiger partial charge in [0.05, 0.1) is 0 Å². The van der Waals surface area contributed by atoms with Gasteiger partial charge in [-0.3, -0.25) is 14.5 Å². The lowest BCUT2D eigenvalue weighted by Gasteiger charge is -2.36. The van der Waals surface area contributed by atoms with Gasteiger partial charge in [-0.25, -0.2) is 0 Å². The first-order chi connectivity index (χ1) is 13.5. The van der Waals surface area contributed by atoms with Crippen molar-refractivity contribution >= 4 is 11.8 Å². The number of fused-ring (bicyclic) bond motifs is 1. The summed E-state index contributed by atoms with van der Waals surface area (Å²) < 4.78 is 10.9. The maximum absolute atomic E-state index is 13.3. The van der Waals surface area contributed by atoms with E-state index in [1.165, 1.54) is 0 Å². The molecule has 1 aromatic carbocycles. The molecule has 3 aliphatic heterocycles. The predicted octanol–water partition coefficient (Wildman–Crippen LogP) is 1.88. The number of likely N-dealkylation sites (N-methyl/N-ethyl adjacent to an activating group) is 1. The molecule has 7 nitrogen and oxygen atoms in total. The Labute approximate surface area is 166 Å². The molecule has 3 aliphatic rings. The molecule has 3 heterocycles. The molecule has 0 bridgehead atoms. The van der Waals surface area contributed by atoms with Gasteiger partial charge in [0, 0.05) is 32.1 Å². The maximum atomic E-state index is 13.3. The van der Waals surface area contributed by atoms with Crippen molar-refractivity contribution < 1.29 is 19.1 Å². The normalized spacial score (nSPS) is 20.7.